The number of H-pyrrole nitrogens is 1. The zero-order valence-electron chi connectivity index (χ0n) is 13.7. The maximum absolute atomic E-state index is 12.5. The average molecular weight is 337 g/mol. The molecule has 2 N–H and O–H groups in total. The summed E-state index contributed by atoms with van der Waals surface area (Å²) >= 11 is 0. The number of rotatable bonds is 5. The second kappa shape index (κ2) is 6.94. The molecule has 6 heteroatoms. The van der Waals surface area contributed by atoms with E-state index >= 15 is 0 Å². The topological polar surface area (TPSA) is 76.2 Å². The minimum Gasteiger partial charge on any atom is -0.491 e. The number of carbonyl (C=O) groups excluding carboxylic acids is 1. The van der Waals surface area contributed by atoms with Gasteiger partial charge in [-0.05, 0) is 31.0 Å². The number of hydrogen-bond donors (Lipinski definition) is 2. The summed E-state index contributed by atoms with van der Waals surface area (Å²) in [5, 5.41) is 10.7. The molecule has 1 aliphatic heterocycles. The van der Waals surface area contributed by atoms with E-state index in [2.05, 4.69) is 15.5 Å². The number of nitrogens with zero attached hydrogens (tertiary/aromatic N) is 1. The molecule has 1 aromatic heterocycles. The van der Waals surface area contributed by atoms with Crippen LogP contribution in [0.5, 0.6) is 5.75 Å². The van der Waals surface area contributed by atoms with Crippen molar-refractivity contribution in [3.8, 4) is 5.75 Å². The lowest BCUT2D eigenvalue weighted by Crippen LogP contribution is -2.16. The lowest BCUT2D eigenvalue weighted by atomic mass is 10.2. The van der Waals surface area contributed by atoms with Gasteiger partial charge in [0.15, 0.2) is 5.69 Å². The molecule has 6 nitrogen and oxygen atoms in total. The van der Waals surface area contributed by atoms with E-state index in [9.17, 15) is 4.79 Å². The number of aromatic amines is 1. The Hall–Kier alpha value is -2.86. The molecule has 2 aromatic carbocycles. The van der Waals surface area contributed by atoms with E-state index in [1.807, 2.05) is 48.5 Å². The standard InChI is InChI=1S/C19H19N3O3/c23-19(18-16-8-1-2-9-17(16)21-22-18)20-13-5-3-6-14(11-13)25-12-15-7-4-10-24-15/h1-3,5-6,8-9,11,15H,4,7,10,12H2,(H,20,23)(H,21,22)/t15-/m1/s1. The highest BCUT2D eigenvalue weighted by molar-refractivity contribution is 6.11. The molecular formula is C19H19N3O3. The Morgan fingerprint density at radius 3 is 3.08 bits per heavy atom. The van der Waals surface area contributed by atoms with E-state index < -0.39 is 0 Å². The molecule has 0 radical (unpaired) electrons. The van der Waals surface area contributed by atoms with E-state index in [1.165, 1.54) is 0 Å². The number of amides is 1. The van der Waals surface area contributed by atoms with Gasteiger partial charge in [-0.3, -0.25) is 9.89 Å². The van der Waals surface area contributed by atoms with Gasteiger partial charge in [0.1, 0.15) is 12.4 Å². The van der Waals surface area contributed by atoms with Crippen LogP contribution in [0.25, 0.3) is 10.9 Å². The minimum atomic E-state index is -0.256. The van der Waals surface area contributed by atoms with Crippen LogP contribution in [0.15, 0.2) is 48.5 Å². The molecule has 0 unspecified atom stereocenters. The maximum Gasteiger partial charge on any atom is 0.276 e. The van der Waals surface area contributed by atoms with Gasteiger partial charge in [0, 0.05) is 23.7 Å². The number of nitrogens with one attached hydrogen (secondary N) is 2. The van der Waals surface area contributed by atoms with Crippen LogP contribution in [0.3, 0.4) is 0 Å². The van der Waals surface area contributed by atoms with Gasteiger partial charge in [-0.25, -0.2) is 0 Å². The minimum absolute atomic E-state index is 0.161. The largest absolute Gasteiger partial charge is 0.491 e. The van der Waals surface area contributed by atoms with Crippen molar-refractivity contribution >= 4 is 22.5 Å². The fourth-order valence-corrected chi connectivity index (χ4v) is 2.96. The third-order valence-corrected chi connectivity index (χ3v) is 4.24. The van der Waals surface area contributed by atoms with E-state index in [0.717, 1.165) is 30.4 Å². The number of benzene rings is 2. The van der Waals surface area contributed by atoms with Gasteiger partial charge in [0.05, 0.1) is 11.6 Å². The molecular weight excluding hydrogens is 318 g/mol. The van der Waals surface area contributed by atoms with Gasteiger partial charge in [0.25, 0.3) is 5.91 Å². The molecule has 1 atom stereocenters. The molecule has 0 saturated carbocycles. The highest BCUT2D eigenvalue weighted by Gasteiger charge is 2.17. The summed E-state index contributed by atoms with van der Waals surface area (Å²) in [5.41, 5.74) is 1.88. The summed E-state index contributed by atoms with van der Waals surface area (Å²) in [4.78, 5) is 12.5. The summed E-state index contributed by atoms with van der Waals surface area (Å²) in [5.74, 6) is 0.453. The third-order valence-electron chi connectivity index (χ3n) is 4.24. The first-order chi connectivity index (χ1) is 12.3. The fraction of sp³-hybridized carbons (Fsp3) is 0.263. The molecule has 0 spiro atoms. The molecule has 0 aliphatic carbocycles. The fourth-order valence-electron chi connectivity index (χ4n) is 2.96. The van der Waals surface area contributed by atoms with Crippen molar-refractivity contribution in [2.75, 3.05) is 18.5 Å². The van der Waals surface area contributed by atoms with E-state index in [1.54, 1.807) is 0 Å². The Morgan fingerprint density at radius 1 is 1.28 bits per heavy atom. The van der Waals surface area contributed by atoms with E-state index in [4.69, 9.17) is 9.47 Å². The number of para-hydroxylation sites is 1. The van der Waals surface area contributed by atoms with Crippen LogP contribution < -0.4 is 10.1 Å². The molecule has 4 rings (SSSR count). The zero-order valence-corrected chi connectivity index (χ0v) is 13.7. The van der Waals surface area contributed by atoms with Crippen LogP contribution in [0.1, 0.15) is 23.3 Å². The first-order valence-electron chi connectivity index (χ1n) is 8.38. The van der Waals surface area contributed by atoms with Gasteiger partial charge >= 0.3 is 0 Å². The number of anilines is 1. The van der Waals surface area contributed by atoms with Crippen LogP contribution >= 0.6 is 0 Å². The van der Waals surface area contributed by atoms with Gasteiger partial charge in [-0.15, -0.1) is 0 Å². The van der Waals surface area contributed by atoms with Gasteiger partial charge < -0.3 is 14.8 Å². The Morgan fingerprint density at radius 2 is 2.20 bits per heavy atom. The van der Waals surface area contributed by atoms with Gasteiger partial charge in [-0.1, -0.05) is 24.3 Å². The Balaban J connectivity index is 1.45. The number of fused-ring (bicyclic) bond motifs is 1. The first kappa shape index (κ1) is 15.7. The van der Waals surface area contributed by atoms with Crippen molar-refractivity contribution < 1.29 is 14.3 Å². The number of hydrogen-bond acceptors (Lipinski definition) is 4. The zero-order chi connectivity index (χ0) is 17.1. The van der Waals surface area contributed by atoms with Crippen molar-refractivity contribution in [3.63, 3.8) is 0 Å². The summed E-state index contributed by atoms with van der Waals surface area (Å²) in [7, 11) is 0. The summed E-state index contributed by atoms with van der Waals surface area (Å²) in [6, 6.07) is 14.9. The highest BCUT2D eigenvalue weighted by atomic mass is 16.5. The number of aromatic nitrogens is 2. The molecule has 2 heterocycles. The van der Waals surface area contributed by atoms with Crippen molar-refractivity contribution in [2.45, 2.75) is 18.9 Å². The van der Waals surface area contributed by atoms with Crippen LogP contribution in [0, 0.1) is 0 Å². The first-order valence-corrected chi connectivity index (χ1v) is 8.38. The van der Waals surface area contributed by atoms with Crippen molar-refractivity contribution in [1.29, 1.82) is 0 Å². The van der Waals surface area contributed by atoms with Crippen LogP contribution in [-0.4, -0.2) is 35.4 Å². The molecule has 3 aromatic rings. The van der Waals surface area contributed by atoms with Crippen LogP contribution in [-0.2, 0) is 4.74 Å². The predicted octanol–water partition coefficient (Wildman–Crippen LogP) is 3.37. The predicted molar refractivity (Wildman–Crippen MR) is 95.0 cm³/mol. The van der Waals surface area contributed by atoms with Gasteiger partial charge in [0.2, 0.25) is 0 Å². The molecule has 1 fully saturated rings. The molecule has 1 aliphatic rings. The Labute approximate surface area is 145 Å². The van der Waals surface area contributed by atoms with E-state index in [-0.39, 0.29) is 12.0 Å². The lowest BCUT2D eigenvalue weighted by molar-refractivity contribution is 0.0680. The number of carbonyl (C=O) groups is 1. The normalized spacial score (nSPS) is 16.9. The molecule has 0 bridgehead atoms. The van der Waals surface area contributed by atoms with Crippen molar-refractivity contribution in [1.82, 2.24) is 10.2 Å². The summed E-state index contributed by atoms with van der Waals surface area (Å²) in [6.45, 7) is 1.34. The van der Waals surface area contributed by atoms with Crippen LogP contribution in [0.4, 0.5) is 5.69 Å². The quantitative estimate of drug-likeness (QED) is 0.748. The van der Waals surface area contributed by atoms with Crippen molar-refractivity contribution in [3.05, 3.63) is 54.2 Å². The number of ether oxygens (including phenoxy) is 2. The molecule has 25 heavy (non-hydrogen) atoms. The molecule has 1 saturated heterocycles. The summed E-state index contributed by atoms with van der Waals surface area (Å²) in [6.07, 6.45) is 2.28. The van der Waals surface area contributed by atoms with Crippen molar-refractivity contribution in [2.24, 2.45) is 0 Å². The average Bonchev–Trinajstić information content (AvgIpc) is 3.30. The van der Waals surface area contributed by atoms with Gasteiger partial charge in [-0.2, -0.15) is 5.10 Å². The highest BCUT2D eigenvalue weighted by Crippen LogP contribution is 2.21. The second-order valence-electron chi connectivity index (χ2n) is 6.05. The Kier molecular flexibility index (Phi) is 4.35. The smallest absolute Gasteiger partial charge is 0.276 e. The molecule has 128 valence electrons. The Bertz CT molecular complexity index is 884. The van der Waals surface area contributed by atoms with E-state index in [0.29, 0.717) is 23.7 Å². The monoisotopic (exact) mass is 337 g/mol. The third kappa shape index (κ3) is 3.49. The maximum atomic E-state index is 12.5. The van der Waals surface area contributed by atoms with Crippen LogP contribution in [0.2, 0.25) is 0 Å². The second-order valence-corrected chi connectivity index (χ2v) is 6.05. The lowest BCUT2D eigenvalue weighted by Gasteiger charge is -2.12. The summed E-state index contributed by atoms with van der Waals surface area (Å²) < 4.78 is 11.3. The SMILES string of the molecule is O=C(Nc1cccc(OC[C@H]2CCCO2)c1)c1n[nH]c2ccccc12. The molecule has 1 amide bonds.